The van der Waals surface area contributed by atoms with Gasteiger partial charge in [-0.3, -0.25) is 19.3 Å². The molecule has 1 heterocycles. The van der Waals surface area contributed by atoms with Crippen LogP contribution in [0.1, 0.15) is 26.7 Å². The Morgan fingerprint density at radius 3 is 2.72 bits per heavy atom. The number of esters is 1. The number of methoxy groups -OCH3 is 1. The van der Waals surface area contributed by atoms with Gasteiger partial charge in [0.15, 0.2) is 0 Å². The summed E-state index contributed by atoms with van der Waals surface area (Å²) >= 11 is 0. The molecule has 0 aromatic heterocycles. The molecule has 0 saturated heterocycles. The van der Waals surface area contributed by atoms with Crippen LogP contribution < -0.4 is 15.5 Å². The molecule has 134 valence electrons. The van der Waals surface area contributed by atoms with E-state index in [0.29, 0.717) is 17.1 Å². The highest BCUT2D eigenvalue weighted by Gasteiger charge is 2.25. The molecule has 0 saturated carbocycles. The molecule has 7 heteroatoms. The van der Waals surface area contributed by atoms with Gasteiger partial charge in [-0.05, 0) is 25.5 Å². The fraction of sp³-hybridized carbons (Fsp3) is 0.389. The minimum absolute atomic E-state index is 0.0355. The molecule has 1 atom stereocenters. The van der Waals surface area contributed by atoms with E-state index in [4.69, 9.17) is 0 Å². The molecule has 2 amide bonds. The normalized spacial score (nSPS) is 14.6. The summed E-state index contributed by atoms with van der Waals surface area (Å²) in [7, 11) is 1.29. The van der Waals surface area contributed by atoms with Gasteiger partial charge in [-0.25, -0.2) is 0 Å². The van der Waals surface area contributed by atoms with E-state index in [1.165, 1.54) is 18.1 Å². The van der Waals surface area contributed by atoms with Gasteiger partial charge in [0.1, 0.15) is 6.54 Å². The molecule has 0 fully saturated rings. The van der Waals surface area contributed by atoms with E-state index < -0.39 is 5.97 Å². The predicted octanol–water partition coefficient (Wildman–Crippen LogP) is 1.81. The minimum atomic E-state index is -0.452. The summed E-state index contributed by atoms with van der Waals surface area (Å²) in [6, 6.07) is 7.19. The van der Waals surface area contributed by atoms with E-state index in [1.807, 2.05) is 19.9 Å². The fourth-order valence-electron chi connectivity index (χ4n) is 2.42. The maximum absolute atomic E-state index is 12.6. The number of hydrogen-bond acceptors (Lipinski definition) is 5. The van der Waals surface area contributed by atoms with Crippen LogP contribution in [0.2, 0.25) is 0 Å². The van der Waals surface area contributed by atoms with Crippen molar-refractivity contribution < 1.29 is 19.1 Å². The number of fused-ring (bicyclic) bond motifs is 1. The van der Waals surface area contributed by atoms with Crippen LogP contribution in [0.25, 0.3) is 0 Å². The highest BCUT2D eigenvalue weighted by Crippen LogP contribution is 2.30. The van der Waals surface area contributed by atoms with E-state index in [0.717, 1.165) is 6.42 Å². The van der Waals surface area contributed by atoms with Gasteiger partial charge in [0.25, 0.3) is 5.91 Å². The highest BCUT2D eigenvalue weighted by atomic mass is 16.5. The minimum Gasteiger partial charge on any atom is -0.469 e. The van der Waals surface area contributed by atoms with Crippen molar-refractivity contribution in [2.45, 2.75) is 32.7 Å². The Morgan fingerprint density at radius 1 is 1.32 bits per heavy atom. The van der Waals surface area contributed by atoms with Gasteiger partial charge in [0.2, 0.25) is 5.91 Å². The van der Waals surface area contributed by atoms with Crippen LogP contribution in [0.3, 0.4) is 0 Å². The van der Waals surface area contributed by atoms with E-state index in [9.17, 15) is 14.4 Å². The SMILES string of the molecule is CC[C@H](C)NC(=O)CN1C(=O)C=C(CC(=O)OC)Nc2ccccc21. The third-order valence-corrected chi connectivity index (χ3v) is 3.94. The number of hydrogen-bond donors (Lipinski definition) is 2. The number of nitrogens with zero attached hydrogens (tertiary/aromatic N) is 1. The number of carbonyl (C=O) groups excluding carboxylic acids is 3. The summed E-state index contributed by atoms with van der Waals surface area (Å²) in [5.41, 5.74) is 1.66. The van der Waals surface area contributed by atoms with Crippen molar-refractivity contribution in [1.82, 2.24) is 5.32 Å². The zero-order valence-corrected chi connectivity index (χ0v) is 14.7. The third-order valence-electron chi connectivity index (χ3n) is 3.94. The number of benzene rings is 1. The van der Waals surface area contributed by atoms with Gasteiger partial charge >= 0.3 is 5.97 Å². The second kappa shape index (κ2) is 8.32. The van der Waals surface area contributed by atoms with Gasteiger partial charge in [-0.2, -0.15) is 0 Å². The molecule has 1 aromatic rings. The third kappa shape index (κ3) is 4.82. The Labute approximate surface area is 147 Å². The first-order chi connectivity index (χ1) is 11.9. The standard InChI is InChI=1S/C18H23N3O4/c1-4-12(2)19-16(22)11-21-15-8-6-5-7-14(15)20-13(9-17(21)23)10-18(24)25-3/h5-9,12,20H,4,10-11H2,1-3H3,(H,19,22)/t12-/m0/s1. The number of carbonyl (C=O) groups is 3. The van der Waals surface area contributed by atoms with Crippen LogP contribution in [0, 0.1) is 0 Å². The maximum atomic E-state index is 12.6. The van der Waals surface area contributed by atoms with Crippen molar-refractivity contribution in [2.24, 2.45) is 0 Å². The molecule has 1 aliphatic rings. The number of ether oxygens (including phenoxy) is 1. The largest absolute Gasteiger partial charge is 0.469 e. The molecule has 2 N–H and O–H groups in total. The molecule has 0 unspecified atom stereocenters. The van der Waals surface area contributed by atoms with Crippen LogP contribution in [-0.2, 0) is 19.1 Å². The molecular weight excluding hydrogens is 322 g/mol. The molecule has 25 heavy (non-hydrogen) atoms. The molecule has 1 aromatic carbocycles. The van der Waals surface area contributed by atoms with Gasteiger partial charge < -0.3 is 15.4 Å². The molecule has 2 rings (SSSR count). The Morgan fingerprint density at radius 2 is 2.04 bits per heavy atom. The first kappa shape index (κ1) is 18.5. The van der Waals surface area contributed by atoms with Crippen molar-refractivity contribution in [2.75, 3.05) is 23.9 Å². The molecule has 0 radical (unpaired) electrons. The summed E-state index contributed by atoms with van der Waals surface area (Å²) in [6.45, 7) is 3.79. The van der Waals surface area contributed by atoms with Crippen LogP contribution in [-0.4, -0.2) is 37.5 Å². The van der Waals surface area contributed by atoms with Crippen molar-refractivity contribution in [3.8, 4) is 0 Å². The average molecular weight is 345 g/mol. The summed E-state index contributed by atoms with van der Waals surface area (Å²) in [5, 5.41) is 5.93. The van der Waals surface area contributed by atoms with Crippen molar-refractivity contribution in [3.63, 3.8) is 0 Å². The van der Waals surface area contributed by atoms with Gasteiger partial charge in [0, 0.05) is 17.8 Å². The second-order valence-electron chi connectivity index (χ2n) is 5.87. The Balaban J connectivity index is 2.27. The number of para-hydroxylation sites is 2. The lowest BCUT2D eigenvalue weighted by atomic mass is 10.2. The Kier molecular flexibility index (Phi) is 6.16. The van der Waals surface area contributed by atoms with Gasteiger partial charge in [-0.15, -0.1) is 0 Å². The monoisotopic (exact) mass is 345 g/mol. The Hall–Kier alpha value is -2.83. The summed E-state index contributed by atoms with van der Waals surface area (Å²) in [4.78, 5) is 37.8. The van der Waals surface area contributed by atoms with Crippen molar-refractivity contribution >= 4 is 29.2 Å². The van der Waals surface area contributed by atoms with Crippen molar-refractivity contribution in [3.05, 3.63) is 36.0 Å². The molecule has 7 nitrogen and oxygen atoms in total. The lowest BCUT2D eigenvalue weighted by Gasteiger charge is -2.22. The highest BCUT2D eigenvalue weighted by molar-refractivity contribution is 6.09. The van der Waals surface area contributed by atoms with E-state index in [2.05, 4.69) is 15.4 Å². The van der Waals surface area contributed by atoms with Gasteiger partial charge in [-0.1, -0.05) is 19.1 Å². The van der Waals surface area contributed by atoms with Crippen molar-refractivity contribution in [1.29, 1.82) is 0 Å². The van der Waals surface area contributed by atoms with Gasteiger partial charge in [0.05, 0.1) is 24.9 Å². The number of anilines is 2. The molecule has 0 spiro atoms. The topological polar surface area (TPSA) is 87.7 Å². The smallest absolute Gasteiger partial charge is 0.311 e. The molecule has 0 aliphatic carbocycles. The number of rotatable bonds is 6. The quantitative estimate of drug-likeness (QED) is 0.768. The van der Waals surface area contributed by atoms with Crippen LogP contribution in [0.5, 0.6) is 0 Å². The van der Waals surface area contributed by atoms with E-state index in [-0.39, 0.29) is 30.8 Å². The van der Waals surface area contributed by atoms with E-state index in [1.54, 1.807) is 18.2 Å². The predicted molar refractivity (Wildman–Crippen MR) is 95.0 cm³/mol. The van der Waals surface area contributed by atoms with Crippen LogP contribution in [0.15, 0.2) is 36.0 Å². The van der Waals surface area contributed by atoms with Crippen LogP contribution >= 0.6 is 0 Å². The summed E-state index contributed by atoms with van der Waals surface area (Å²) < 4.78 is 4.66. The lowest BCUT2D eigenvalue weighted by molar-refractivity contribution is -0.139. The summed E-state index contributed by atoms with van der Waals surface area (Å²) in [5.74, 6) is -1.05. The molecular formula is C18H23N3O4. The van der Waals surface area contributed by atoms with E-state index >= 15 is 0 Å². The fourth-order valence-corrected chi connectivity index (χ4v) is 2.42. The average Bonchev–Trinajstić information content (AvgIpc) is 2.71. The number of nitrogens with one attached hydrogen (secondary N) is 2. The maximum Gasteiger partial charge on any atom is 0.311 e. The zero-order valence-electron chi connectivity index (χ0n) is 14.7. The summed E-state index contributed by atoms with van der Waals surface area (Å²) in [6.07, 6.45) is 2.08. The lowest BCUT2D eigenvalue weighted by Crippen LogP contribution is -2.43. The van der Waals surface area contributed by atoms with Crippen LogP contribution in [0.4, 0.5) is 11.4 Å². The second-order valence-corrected chi connectivity index (χ2v) is 5.87. The first-order valence-corrected chi connectivity index (χ1v) is 8.18. The molecule has 0 bridgehead atoms. The zero-order chi connectivity index (χ0) is 18.4. The first-order valence-electron chi connectivity index (χ1n) is 8.18. The Bertz CT molecular complexity index is 699. The molecule has 1 aliphatic heterocycles. The number of amides is 2.